The lowest BCUT2D eigenvalue weighted by Gasteiger charge is -2.07. The van der Waals surface area contributed by atoms with E-state index in [-0.39, 0.29) is 0 Å². The molecule has 0 unspecified atom stereocenters. The minimum absolute atomic E-state index is 0.806. The van der Waals surface area contributed by atoms with Crippen molar-refractivity contribution in [3.05, 3.63) is 119 Å². The monoisotopic (exact) mass is 782 g/mol. The number of anilines is 2. The summed E-state index contributed by atoms with van der Waals surface area (Å²) in [5.41, 5.74) is 22.5. The van der Waals surface area contributed by atoms with Crippen molar-refractivity contribution in [2.24, 2.45) is 0 Å². The highest BCUT2D eigenvalue weighted by Gasteiger charge is 2.12. The minimum Gasteiger partial charge on any atom is -0.481 e. The SMILES string of the molecule is CCCCc1cccc(CCc2nccn3c(N)c(SC)cc23)c1.CCCCc1cccc(CCc2nccn3c(N)c(SC)cc23)c1.O=C(O)CC(=O)O. The highest BCUT2D eigenvalue weighted by atomic mass is 32.2. The van der Waals surface area contributed by atoms with Gasteiger partial charge in [-0.05, 0) is 98.3 Å². The number of hydrogen-bond acceptors (Lipinski definition) is 8. The summed E-state index contributed by atoms with van der Waals surface area (Å²) in [5, 5.41) is 15.4. The molecule has 4 aromatic heterocycles. The maximum Gasteiger partial charge on any atom is 0.314 e. The molecule has 0 aliphatic rings. The van der Waals surface area contributed by atoms with Crippen LogP contribution in [0.25, 0.3) is 11.0 Å². The van der Waals surface area contributed by atoms with Crippen molar-refractivity contribution in [1.82, 2.24) is 18.8 Å². The predicted molar refractivity (Wildman–Crippen MR) is 228 cm³/mol. The molecular formula is C43H54N6O4S2. The Hall–Kier alpha value is -4.94. The summed E-state index contributed by atoms with van der Waals surface area (Å²) in [6.45, 7) is 4.48. The zero-order chi connectivity index (χ0) is 39.7. The summed E-state index contributed by atoms with van der Waals surface area (Å²) >= 11 is 3.36. The maximum atomic E-state index is 9.43. The number of nitrogen functional groups attached to an aromatic ring is 2. The third kappa shape index (κ3) is 12.5. The fourth-order valence-electron chi connectivity index (χ4n) is 6.32. The van der Waals surface area contributed by atoms with E-state index >= 15 is 0 Å². The molecular weight excluding hydrogens is 729 g/mol. The minimum atomic E-state index is -1.31. The molecule has 0 aliphatic carbocycles. The van der Waals surface area contributed by atoms with Crippen LogP contribution in [0.2, 0.25) is 0 Å². The third-order valence-corrected chi connectivity index (χ3v) is 10.8. The number of aryl methyl sites for hydroxylation is 6. The highest BCUT2D eigenvalue weighted by molar-refractivity contribution is 7.99. The van der Waals surface area contributed by atoms with Gasteiger partial charge in [-0.25, -0.2) is 0 Å². The summed E-state index contributed by atoms with van der Waals surface area (Å²) in [7, 11) is 0. The second kappa shape index (κ2) is 21.8. The number of aliphatic carboxylic acids is 2. The molecule has 6 N–H and O–H groups in total. The van der Waals surface area contributed by atoms with Crippen LogP contribution in [-0.4, -0.2) is 53.4 Å². The van der Waals surface area contributed by atoms with Crippen molar-refractivity contribution in [2.45, 2.75) is 94.3 Å². The van der Waals surface area contributed by atoms with Gasteiger partial charge in [-0.1, -0.05) is 75.2 Å². The average Bonchev–Trinajstić information content (AvgIpc) is 3.70. The largest absolute Gasteiger partial charge is 0.481 e. The molecule has 55 heavy (non-hydrogen) atoms. The number of unbranched alkanes of at least 4 members (excludes halogenated alkanes) is 2. The normalized spacial score (nSPS) is 10.8. The number of thioether (sulfide) groups is 2. The summed E-state index contributed by atoms with van der Waals surface area (Å²) < 4.78 is 4.09. The summed E-state index contributed by atoms with van der Waals surface area (Å²) in [5.74, 6) is -1.01. The molecule has 0 bridgehead atoms. The predicted octanol–water partition coefficient (Wildman–Crippen LogP) is 9.08. The number of nitrogens with two attached hydrogens (primary N) is 2. The fourth-order valence-corrected chi connectivity index (χ4v) is 7.39. The number of benzene rings is 2. The molecule has 0 atom stereocenters. The number of fused-ring (bicyclic) bond motifs is 2. The molecule has 0 fully saturated rings. The second-order valence-corrected chi connectivity index (χ2v) is 15.0. The fraction of sp³-hybridized carbons (Fsp3) is 0.349. The molecule has 4 heterocycles. The molecule has 6 aromatic rings. The van der Waals surface area contributed by atoms with Crippen LogP contribution in [0.4, 0.5) is 11.6 Å². The van der Waals surface area contributed by atoms with Crippen molar-refractivity contribution >= 4 is 58.1 Å². The van der Waals surface area contributed by atoms with Crippen molar-refractivity contribution in [2.75, 3.05) is 24.0 Å². The lowest BCUT2D eigenvalue weighted by atomic mass is 10.0. The van der Waals surface area contributed by atoms with Gasteiger partial charge in [0.05, 0.1) is 22.4 Å². The first-order valence-corrected chi connectivity index (χ1v) is 21.2. The van der Waals surface area contributed by atoms with Gasteiger partial charge in [-0.3, -0.25) is 28.4 Å². The van der Waals surface area contributed by atoms with Crippen LogP contribution in [0.15, 0.2) is 95.2 Å². The second-order valence-electron chi connectivity index (χ2n) is 13.3. The van der Waals surface area contributed by atoms with Gasteiger partial charge in [0.25, 0.3) is 0 Å². The zero-order valence-corrected chi connectivity index (χ0v) is 34.0. The van der Waals surface area contributed by atoms with Gasteiger partial charge in [-0.2, -0.15) is 0 Å². The van der Waals surface area contributed by atoms with Gasteiger partial charge in [-0.15, -0.1) is 23.5 Å². The number of aromatic nitrogens is 4. The topological polar surface area (TPSA) is 161 Å². The van der Waals surface area contributed by atoms with Gasteiger partial charge >= 0.3 is 11.9 Å². The average molecular weight is 783 g/mol. The van der Waals surface area contributed by atoms with E-state index in [1.54, 1.807) is 23.5 Å². The third-order valence-electron chi connectivity index (χ3n) is 9.23. The number of carbonyl (C=O) groups is 2. The first-order chi connectivity index (χ1) is 26.6. The first kappa shape index (κ1) is 42.8. The van der Waals surface area contributed by atoms with Crippen molar-refractivity contribution in [3.8, 4) is 0 Å². The van der Waals surface area contributed by atoms with Gasteiger partial charge < -0.3 is 21.7 Å². The zero-order valence-electron chi connectivity index (χ0n) is 32.3. The van der Waals surface area contributed by atoms with Gasteiger partial charge in [0.15, 0.2) is 0 Å². The lowest BCUT2D eigenvalue weighted by molar-refractivity contribution is -0.147. The summed E-state index contributed by atoms with van der Waals surface area (Å²) in [4.78, 5) is 30.3. The van der Waals surface area contributed by atoms with Gasteiger partial charge in [0.1, 0.15) is 18.1 Å². The summed E-state index contributed by atoms with van der Waals surface area (Å²) in [6, 6.07) is 22.2. The molecule has 0 radical (unpaired) electrons. The van der Waals surface area contributed by atoms with E-state index in [9.17, 15) is 9.59 Å². The van der Waals surface area contributed by atoms with E-state index in [2.05, 4.69) is 97.0 Å². The molecule has 10 nitrogen and oxygen atoms in total. The molecule has 6 rings (SSSR count). The smallest absolute Gasteiger partial charge is 0.314 e. The van der Waals surface area contributed by atoms with E-state index < -0.39 is 18.4 Å². The van der Waals surface area contributed by atoms with Crippen LogP contribution in [-0.2, 0) is 48.1 Å². The van der Waals surface area contributed by atoms with Crippen LogP contribution in [0.3, 0.4) is 0 Å². The number of nitrogens with zero attached hydrogens (tertiary/aromatic N) is 4. The van der Waals surface area contributed by atoms with E-state index in [1.165, 1.54) is 60.8 Å². The molecule has 0 aliphatic heterocycles. The standard InChI is InChI=1S/2C20H25N3S.C3H4O4/c2*1-3-4-6-15-7-5-8-16(13-15)9-10-17-18-14-19(24-2)20(21)23(18)12-11-22-17;4-2(5)1-3(6)7/h2*5,7-8,11-14H,3-4,6,9-10,21H2,1-2H3;1H2,(H,4,5)(H,6,7). The maximum absolute atomic E-state index is 9.43. The Bertz CT molecular complexity index is 2010. The van der Waals surface area contributed by atoms with Crippen molar-refractivity contribution in [1.29, 1.82) is 0 Å². The van der Waals surface area contributed by atoms with Gasteiger partial charge in [0.2, 0.25) is 0 Å². The van der Waals surface area contributed by atoms with Crippen LogP contribution >= 0.6 is 23.5 Å². The van der Waals surface area contributed by atoms with Crippen LogP contribution in [0.1, 0.15) is 79.6 Å². The van der Waals surface area contributed by atoms with Crippen LogP contribution in [0.5, 0.6) is 0 Å². The molecule has 2 aromatic carbocycles. The van der Waals surface area contributed by atoms with E-state index in [4.69, 9.17) is 21.7 Å². The molecule has 292 valence electrons. The number of hydrogen-bond donors (Lipinski definition) is 4. The van der Waals surface area contributed by atoms with Crippen LogP contribution in [0, 0.1) is 0 Å². The Balaban J connectivity index is 0.000000209. The van der Waals surface area contributed by atoms with Gasteiger partial charge in [0, 0.05) is 34.6 Å². The Kier molecular flexibility index (Phi) is 17.0. The molecule has 0 saturated heterocycles. The number of rotatable bonds is 16. The quantitative estimate of drug-likeness (QED) is 0.0551. The summed E-state index contributed by atoms with van der Waals surface area (Å²) in [6.07, 6.45) is 22.1. The van der Waals surface area contributed by atoms with Crippen molar-refractivity contribution in [3.63, 3.8) is 0 Å². The van der Waals surface area contributed by atoms with E-state index in [1.807, 2.05) is 33.6 Å². The van der Waals surface area contributed by atoms with Crippen LogP contribution < -0.4 is 11.5 Å². The lowest BCUT2D eigenvalue weighted by Crippen LogP contribution is -2.03. The molecule has 12 heteroatoms. The number of carboxylic acids is 2. The highest BCUT2D eigenvalue weighted by Crippen LogP contribution is 2.30. The Labute approximate surface area is 332 Å². The molecule has 0 spiro atoms. The Morgan fingerprint density at radius 1 is 0.618 bits per heavy atom. The van der Waals surface area contributed by atoms with E-state index in [0.717, 1.165) is 69.5 Å². The van der Waals surface area contributed by atoms with Crippen molar-refractivity contribution < 1.29 is 19.8 Å². The van der Waals surface area contributed by atoms with E-state index in [0.29, 0.717) is 0 Å². The molecule has 0 saturated carbocycles. The molecule has 0 amide bonds. The Morgan fingerprint density at radius 2 is 1.00 bits per heavy atom. The Morgan fingerprint density at radius 3 is 1.33 bits per heavy atom. The number of carboxylic acid groups (broad SMARTS) is 2. The first-order valence-electron chi connectivity index (χ1n) is 18.7.